The molecule has 0 aliphatic carbocycles. The van der Waals surface area contributed by atoms with Crippen LogP contribution >= 0.6 is 0 Å². The first kappa shape index (κ1) is 21.0. The number of ether oxygens (including phenoxy) is 1. The molecule has 9 nitrogen and oxygen atoms in total. The van der Waals surface area contributed by atoms with Crippen LogP contribution in [0.5, 0.6) is 11.6 Å². The van der Waals surface area contributed by atoms with Gasteiger partial charge < -0.3 is 30.6 Å². The first-order valence-electron chi connectivity index (χ1n) is 10.7. The van der Waals surface area contributed by atoms with Crippen LogP contribution in [-0.2, 0) is 0 Å². The summed E-state index contributed by atoms with van der Waals surface area (Å²) in [6.07, 6.45) is 3.13. The Hall–Kier alpha value is -3.92. The van der Waals surface area contributed by atoms with Crippen molar-refractivity contribution in [2.24, 2.45) is 0 Å². The summed E-state index contributed by atoms with van der Waals surface area (Å²) in [6, 6.07) is 8.91. The molecule has 0 radical (unpaired) electrons. The second-order valence-electron chi connectivity index (χ2n) is 8.15. The van der Waals surface area contributed by atoms with Gasteiger partial charge in [0.25, 0.3) is 0 Å². The number of H-pyrrole nitrogens is 1. The number of fused-ring (bicyclic) bond motifs is 1. The maximum atomic E-state index is 14.9. The average molecular weight is 449 g/mol. The van der Waals surface area contributed by atoms with Crippen molar-refractivity contribution in [3.63, 3.8) is 0 Å². The third-order valence-electron chi connectivity index (χ3n) is 5.75. The maximum Gasteiger partial charge on any atom is 0.248 e. The monoisotopic (exact) mass is 448 g/mol. The number of nitrogens with one attached hydrogen (secondary N) is 2. The van der Waals surface area contributed by atoms with Crippen LogP contribution in [0, 0.1) is 12.7 Å². The molecule has 0 bridgehead atoms. The van der Waals surface area contributed by atoms with Crippen LogP contribution in [0.15, 0.2) is 42.9 Å². The number of nitrogens with two attached hydrogens (primary N) is 1. The van der Waals surface area contributed by atoms with Crippen molar-refractivity contribution in [2.75, 3.05) is 49.2 Å². The number of nitrogens with zero attached hydrogens (tertiary/aromatic N) is 5. The standard InChI is InChI=1S/C23H25FN8O/c1-14-11-16-17(29-14)4-5-18(20(16)24)33-23-21(25)22(27-13-28-23)30-19-6-3-15(12-26-19)32-9-7-31(2)8-10-32/h3-6,11-13,29H,7-10,25H2,1-2H3,(H,26,27,28,30). The Morgan fingerprint density at radius 3 is 2.67 bits per heavy atom. The number of hydrogen-bond donors (Lipinski definition) is 3. The normalized spacial score (nSPS) is 14.6. The minimum absolute atomic E-state index is 0.0347. The van der Waals surface area contributed by atoms with Gasteiger partial charge in [-0.3, -0.25) is 0 Å². The Bertz CT molecular complexity index is 1280. The highest BCUT2D eigenvalue weighted by atomic mass is 19.1. The largest absolute Gasteiger partial charge is 0.434 e. The number of nitrogen functional groups attached to an aromatic ring is 1. The third-order valence-corrected chi connectivity index (χ3v) is 5.75. The smallest absolute Gasteiger partial charge is 0.248 e. The molecule has 0 atom stereocenters. The highest BCUT2D eigenvalue weighted by Gasteiger charge is 2.17. The summed E-state index contributed by atoms with van der Waals surface area (Å²) < 4.78 is 20.6. The van der Waals surface area contributed by atoms with E-state index in [-0.39, 0.29) is 17.3 Å². The van der Waals surface area contributed by atoms with E-state index in [1.165, 1.54) is 6.33 Å². The van der Waals surface area contributed by atoms with Gasteiger partial charge in [0.2, 0.25) is 5.88 Å². The van der Waals surface area contributed by atoms with E-state index >= 15 is 0 Å². The molecule has 170 valence electrons. The second kappa shape index (κ2) is 8.55. The van der Waals surface area contributed by atoms with Crippen molar-refractivity contribution >= 4 is 33.9 Å². The number of benzene rings is 1. The summed E-state index contributed by atoms with van der Waals surface area (Å²) >= 11 is 0. The van der Waals surface area contributed by atoms with Gasteiger partial charge in [-0.25, -0.2) is 14.4 Å². The number of anilines is 4. The van der Waals surface area contributed by atoms with E-state index in [0.29, 0.717) is 22.5 Å². The van der Waals surface area contributed by atoms with Gasteiger partial charge in [-0.15, -0.1) is 0 Å². The molecule has 5 rings (SSSR count). The number of aryl methyl sites for hydroxylation is 1. The topological polar surface area (TPSA) is 108 Å². The number of piperazine rings is 1. The molecule has 1 aliphatic rings. The lowest BCUT2D eigenvalue weighted by atomic mass is 10.2. The SMILES string of the molecule is Cc1cc2c(F)c(Oc3ncnc(Nc4ccc(N5CCN(C)CC5)cn4)c3N)ccc2[nH]1. The fraction of sp³-hybridized carbons (Fsp3) is 0.261. The van der Waals surface area contributed by atoms with Crippen LogP contribution in [0.2, 0.25) is 0 Å². The predicted molar refractivity (Wildman–Crippen MR) is 127 cm³/mol. The molecule has 0 amide bonds. The van der Waals surface area contributed by atoms with Crippen LogP contribution in [0.3, 0.4) is 0 Å². The fourth-order valence-electron chi connectivity index (χ4n) is 3.86. The molecule has 0 unspecified atom stereocenters. The van der Waals surface area contributed by atoms with Gasteiger partial charge in [0.05, 0.1) is 11.9 Å². The van der Waals surface area contributed by atoms with Gasteiger partial charge in [0.15, 0.2) is 17.4 Å². The number of aromatic amines is 1. The van der Waals surface area contributed by atoms with E-state index in [2.05, 4.69) is 42.1 Å². The van der Waals surface area contributed by atoms with Gasteiger partial charge in [0, 0.05) is 42.8 Å². The van der Waals surface area contributed by atoms with Crippen molar-refractivity contribution in [2.45, 2.75) is 6.92 Å². The molecule has 4 aromatic rings. The van der Waals surface area contributed by atoms with Crippen molar-refractivity contribution in [1.29, 1.82) is 0 Å². The van der Waals surface area contributed by atoms with Crippen LogP contribution in [0.4, 0.5) is 27.4 Å². The number of pyridine rings is 1. The average Bonchev–Trinajstić information content (AvgIpc) is 3.20. The number of likely N-dealkylation sites (N-methyl/N-ethyl adjacent to an activating group) is 1. The third kappa shape index (κ3) is 4.24. The molecule has 0 saturated carbocycles. The first-order valence-corrected chi connectivity index (χ1v) is 10.7. The molecule has 0 spiro atoms. The van der Waals surface area contributed by atoms with E-state index in [9.17, 15) is 4.39 Å². The molecule has 1 fully saturated rings. The van der Waals surface area contributed by atoms with E-state index in [1.807, 2.05) is 25.3 Å². The quantitative estimate of drug-likeness (QED) is 0.424. The van der Waals surface area contributed by atoms with Crippen LogP contribution < -0.4 is 20.7 Å². The Labute approximate surface area is 190 Å². The fourth-order valence-corrected chi connectivity index (χ4v) is 3.86. The lowest BCUT2D eigenvalue weighted by molar-refractivity contribution is 0.313. The first-order chi connectivity index (χ1) is 16.0. The van der Waals surface area contributed by atoms with Crippen LogP contribution in [0.1, 0.15) is 5.69 Å². The molecular formula is C23H25FN8O. The summed E-state index contributed by atoms with van der Waals surface area (Å²) in [4.78, 5) is 20.5. The van der Waals surface area contributed by atoms with Gasteiger partial charge in [-0.05, 0) is 44.3 Å². The Morgan fingerprint density at radius 1 is 1.09 bits per heavy atom. The molecule has 33 heavy (non-hydrogen) atoms. The maximum absolute atomic E-state index is 14.9. The van der Waals surface area contributed by atoms with Crippen molar-refractivity contribution in [1.82, 2.24) is 24.8 Å². The van der Waals surface area contributed by atoms with Gasteiger partial charge >= 0.3 is 0 Å². The second-order valence-corrected chi connectivity index (χ2v) is 8.15. The molecule has 1 aromatic carbocycles. The zero-order valence-corrected chi connectivity index (χ0v) is 18.5. The Balaban J connectivity index is 1.33. The van der Waals surface area contributed by atoms with Crippen LogP contribution in [-0.4, -0.2) is 58.1 Å². The lowest BCUT2D eigenvalue weighted by Crippen LogP contribution is -2.44. The molecule has 3 aromatic heterocycles. The minimum atomic E-state index is -0.481. The number of aromatic nitrogens is 4. The number of rotatable bonds is 5. The van der Waals surface area contributed by atoms with E-state index in [0.717, 1.165) is 37.6 Å². The minimum Gasteiger partial charge on any atom is -0.434 e. The zero-order valence-electron chi connectivity index (χ0n) is 18.5. The van der Waals surface area contributed by atoms with Crippen molar-refractivity contribution in [3.8, 4) is 11.6 Å². The van der Waals surface area contributed by atoms with Crippen molar-refractivity contribution < 1.29 is 9.13 Å². The van der Waals surface area contributed by atoms with Crippen molar-refractivity contribution in [3.05, 3.63) is 54.4 Å². The summed E-state index contributed by atoms with van der Waals surface area (Å²) in [6.45, 7) is 5.85. The summed E-state index contributed by atoms with van der Waals surface area (Å²) in [5.74, 6) is 0.531. The summed E-state index contributed by atoms with van der Waals surface area (Å²) in [5.41, 5.74) is 9.01. The molecule has 10 heteroatoms. The zero-order chi connectivity index (χ0) is 22.9. The Kier molecular flexibility index (Phi) is 5.43. The predicted octanol–water partition coefficient (Wildman–Crippen LogP) is 3.67. The van der Waals surface area contributed by atoms with Gasteiger partial charge in [-0.1, -0.05) is 0 Å². The number of halogens is 1. The van der Waals surface area contributed by atoms with E-state index in [4.69, 9.17) is 10.5 Å². The molecule has 1 saturated heterocycles. The highest BCUT2D eigenvalue weighted by Crippen LogP contribution is 2.34. The highest BCUT2D eigenvalue weighted by molar-refractivity contribution is 5.83. The Morgan fingerprint density at radius 2 is 1.91 bits per heavy atom. The number of hydrogen-bond acceptors (Lipinski definition) is 8. The molecule has 1 aliphatic heterocycles. The van der Waals surface area contributed by atoms with Gasteiger partial charge in [-0.2, -0.15) is 4.98 Å². The van der Waals surface area contributed by atoms with E-state index in [1.54, 1.807) is 18.2 Å². The summed E-state index contributed by atoms with van der Waals surface area (Å²) in [5, 5.41) is 3.54. The molecule has 4 N–H and O–H groups in total. The summed E-state index contributed by atoms with van der Waals surface area (Å²) in [7, 11) is 2.13. The molecule has 4 heterocycles. The van der Waals surface area contributed by atoms with Gasteiger partial charge in [0.1, 0.15) is 17.8 Å². The lowest BCUT2D eigenvalue weighted by Gasteiger charge is -2.33. The van der Waals surface area contributed by atoms with E-state index < -0.39 is 5.82 Å². The molecular weight excluding hydrogens is 423 g/mol. The van der Waals surface area contributed by atoms with Crippen LogP contribution in [0.25, 0.3) is 10.9 Å².